The van der Waals surface area contributed by atoms with E-state index in [4.69, 9.17) is 4.74 Å². The van der Waals surface area contributed by atoms with Crippen LogP contribution in [0.4, 0.5) is 0 Å². The van der Waals surface area contributed by atoms with Crippen molar-refractivity contribution >= 4 is 16.7 Å². The minimum atomic E-state index is -0.589. The molecule has 7 nitrogen and oxygen atoms in total. The molecule has 2 aromatic carbocycles. The van der Waals surface area contributed by atoms with E-state index < -0.39 is 11.5 Å². The monoisotopic (exact) mass is 335 g/mol. The molecule has 2 N–H and O–H groups in total. The summed E-state index contributed by atoms with van der Waals surface area (Å²) in [5.41, 5.74) is 1.03. The Hall–Kier alpha value is -3.61. The van der Waals surface area contributed by atoms with E-state index in [0.29, 0.717) is 11.1 Å². The number of phenols is 1. The van der Waals surface area contributed by atoms with E-state index in [2.05, 4.69) is 10.2 Å². The van der Waals surface area contributed by atoms with Crippen LogP contribution in [0, 0.1) is 0 Å². The SMILES string of the molecule is COC(=O)c1cn(-c2cccc3c(O)cccc23)cc2c(=O)[nH]nc1-2. The summed E-state index contributed by atoms with van der Waals surface area (Å²) in [4.78, 5) is 24.1. The molecular weight excluding hydrogens is 322 g/mol. The molecule has 0 saturated heterocycles. The molecule has 0 atom stereocenters. The maximum Gasteiger partial charge on any atom is 0.341 e. The van der Waals surface area contributed by atoms with Gasteiger partial charge in [0, 0.05) is 23.2 Å². The highest BCUT2D eigenvalue weighted by Crippen LogP contribution is 2.30. The summed E-state index contributed by atoms with van der Waals surface area (Å²) in [5, 5.41) is 17.8. The van der Waals surface area contributed by atoms with Crippen molar-refractivity contribution in [1.82, 2.24) is 14.8 Å². The summed E-state index contributed by atoms with van der Waals surface area (Å²) in [6.45, 7) is 0. The molecule has 2 heterocycles. The van der Waals surface area contributed by atoms with Crippen molar-refractivity contribution < 1.29 is 14.6 Å². The topological polar surface area (TPSA) is 97.2 Å². The quantitative estimate of drug-likeness (QED) is 0.548. The number of aromatic hydroxyl groups is 1. The molecule has 0 saturated carbocycles. The Bertz CT molecular complexity index is 1140. The summed E-state index contributed by atoms with van der Waals surface area (Å²) < 4.78 is 6.46. The predicted octanol–water partition coefficient (Wildman–Crippen LogP) is 2.31. The van der Waals surface area contributed by atoms with Crippen LogP contribution in [-0.2, 0) is 4.74 Å². The van der Waals surface area contributed by atoms with Gasteiger partial charge in [-0.15, -0.1) is 0 Å². The molecular formula is C18H13N3O4. The Kier molecular flexibility index (Phi) is 3.28. The lowest BCUT2D eigenvalue weighted by Gasteiger charge is -2.14. The highest BCUT2D eigenvalue weighted by atomic mass is 16.5. The summed E-state index contributed by atoms with van der Waals surface area (Å²) in [5.74, 6) is -0.434. The average molecular weight is 335 g/mol. The number of phenolic OH excluding ortho intramolecular Hbond substituents is 1. The van der Waals surface area contributed by atoms with Gasteiger partial charge in [0.1, 0.15) is 17.0 Å². The molecule has 25 heavy (non-hydrogen) atoms. The summed E-state index contributed by atoms with van der Waals surface area (Å²) in [7, 11) is 1.27. The number of hydrogen-bond donors (Lipinski definition) is 2. The molecule has 124 valence electrons. The van der Waals surface area contributed by atoms with Gasteiger partial charge in [-0.1, -0.05) is 24.3 Å². The number of rotatable bonds is 2. The molecule has 0 fully saturated rings. The minimum absolute atomic E-state index is 0.155. The van der Waals surface area contributed by atoms with Gasteiger partial charge in [-0.05, 0) is 12.1 Å². The third-order valence-electron chi connectivity index (χ3n) is 4.12. The molecule has 0 aromatic heterocycles. The van der Waals surface area contributed by atoms with Crippen LogP contribution in [0.5, 0.6) is 5.75 Å². The number of H-pyrrole nitrogens is 1. The molecule has 0 unspecified atom stereocenters. The number of benzene rings is 2. The second-order valence-electron chi connectivity index (χ2n) is 5.54. The highest BCUT2D eigenvalue weighted by molar-refractivity contribution is 5.97. The zero-order valence-electron chi connectivity index (χ0n) is 13.2. The zero-order valence-corrected chi connectivity index (χ0v) is 13.2. The Morgan fingerprint density at radius 1 is 1.16 bits per heavy atom. The molecule has 2 aromatic rings. The van der Waals surface area contributed by atoms with Crippen LogP contribution < -0.4 is 5.56 Å². The Balaban J connectivity index is 2.07. The van der Waals surface area contributed by atoms with Crippen LogP contribution in [0.3, 0.4) is 0 Å². The van der Waals surface area contributed by atoms with E-state index in [1.54, 1.807) is 41.2 Å². The minimum Gasteiger partial charge on any atom is -0.507 e. The van der Waals surface area contributed by atoms with Gasteiger partial charge in [-0.25, -0.2) is 9.89 Å². The van der Waals surface area contributed by atoms with Crippen LogP contribution >= 0.6 is 0 Å². The maximum absolute atomic E-state index is 12.1. The van der Waals surface area contributed by atoms with Crippen LogP contribution in [0.1, 0.15) is 10.4 Å². The Morgan fingerprint density at radius 2 is 1.92 bits per heavy atom. The van der Waals surface area contributed by atoms with Gasteiger partial charge in [0.2, 0.25) is 0 Å². The number of carbonyl (C=O) groups excluding carboxylic acids is 1. The number of nitrogens with zero attached hydrogens (tertiary/aromatic N) is 2. The van der Waals surface area contributed by atoms with Gasteiger partial charge >= 0.3 is 5.97 Å². The summed E-state index contributed by atoms with van der Waals surface area (Å²) in [6, 6.07) is 10.6. The van der Waals surface area contributed by atoms with Gasteiger partial charge in [0.15, 0.2) is 0 Å². The first-order valence-electron chi connectivity index (χ1n) is 7.50. The van der Waals surface area contributed by atoms with E-state index in [-0.39, 0.29) is 22.6 Å². The van der Waals surface area contributed by atoms with Crippen molar-refractivity contribution in [1.29, 1.82) is 0 Å². The zero-order chi connectivity index (χ0) is 17.6. The van der Waals surface area contributed by atoms with Gasteiger partial charge in [0.05, 0.1) is 18.4 Å². The Morgan fingerprint density at radius 3 is 2.72 bits per heavy atom. The predicted molar refractivity (Wildman–Crippen MR) is 91.3 cm³/mol. The lowest BCUT2D eigenvalue weighted by molar-refractivity contribution is 0.0600. The van der Waals surface area contributed by atoms with E-state index in [1.165, 1.54) is 7.11 Å². The first-order chi connectivity index (χ1) is 12.1. The van der Waals surface area contributed by atoms with Crippen molar-refractivity contribution in [3.8, 4) is 22.7 Å². The largest absolute Gasteiger partial charge is 0.507 e. The van der Waals surface area contributed by atoms with Crippen molar-refractivity contribution in [2.75, 3.05) is 7.11 Å². The molecule has 7 heteroatoms. The first kappa shape index (κ1) is 14.9. The number of methoxy groups -OCH3 is 1. The number of carbonyl (C=O) groups is 1. The van der Waals surface area contributed by atoms with Gasteiger partial charge in [-0.2, -0.15) is 5.10 Å². The fourth-order valence-corrected chi connectivity index (χ4v) is 2.94. The number of aromatic nitrogens is 3. The normalized spacial score (nSPS) is 11.1. The van der Waals surface area contributed by atoms with Crippen LogP contribution in [0.25, 0.3) is 27.7 Å². The number of hydrogen-bond acceptors (Lipinski definition) is 5. The van der Waals surface area contributed by atoms with Gasteiger partial charge in [-0.3, -0.25) is 4.79 Å². The standard InChI is InChI=1S/C18H13N3O4/c1-25-18(24)13-9-21(8-12-16(13)19-20-17(12)23)14-6-2-5-11-10(14)4-3-7-15(11)22/h2-9,22H,1H3,(H,20,23). The van der Waals surface area contributed by atoms with Crippen molar-refractivity contribution in [3.05, 3.63) is 64.7 Å². The third kappa shape index (κ3) is 2.25. The van der Waals surface area contributed by atoms with E-state index in [0.717, 1.165) is 5.39 Å². The van der Waals surface area contributed by atoms with Crippen molar-refractivity contribution in [3.63, 3.8) is 0 Å². The first-order valence-corrected chi connectivity index (χ1v) is 7.50. The van der Waals surface area contributed by atoms with Crippen LogP contribution in [-0.4, -0.2) is 33.0 Å². The molecule has 0 bridgehead atoms. The Labute approximate surface area is 141 Å². The number of fused-ring (bicyclic) bond motifs is 2. The van der Waals surface area contributed by atoms with Crippen molar-refractivity contribution in [2.24, 2.45) is 0 Å². The summed E-state index contributed by atoms with van der Waals surface area (Å²) >= 11 is 0. The van der Waals surface area contributed by atoms with Crippen LogP contribution in [0.15, 0.2) is 53.6 Å². The van der Waals surface area contributed by atoms with E-state index in [9.17, 15) is 14.7 Å². The maximum atomic E-state index is 12.1. The van der Waals surface area contributed by atoms with Gasteiger partial charge < -0.3 is 14.4 Å². The van der Waals surface area contributed by atoms with E-state index in [1.807, 2.05) is 12.1 Å². The van der Waals surface area contributed by atoms with Gasteiger partial charge in [0.25, 0.3) is 5.56 Å². The molecule has 2 aliphatic rings. The summed E-state index contributed by atoms with van der Waals surface area (Å²) in [6.07, 6.45) is 3.17. The molecule has 0 radical (unpaired) electrons. The van der Waals surface area contributed by atoms with Crippen LogP contribution in [0.2, 0.25) is 0 Å². The fraction of sp³-hybridized carbons (Fsp3) is 0.0556. The third-order valence-corrected chi connectivity index (χ3v) is 4.12. The number of aromatic amines is 1. The number of esters is 1. The van der Waals surface area contributed by atoms with Crippen molar-refractivity contribution in [2.45, 2.75) is 0 Å². The highest BCUT2D eigenvalue weighted by Gasteiger charge is 2.22. The number of nitrogens with one attached hydrogen (secondary N) is 1. The second kappa shape index (κ2) is 5.48. The molecule has 4 rings (SSSR count). The second-order valence-corrected chi connectivity index (χ2v) is 5.54. The van der Waals surface area contributed by atoms with E-state index >= 15 is 0 Å². The molecule has 0 aliphatic carbocycles. The lowest BCUT2D eigenvalue weighted by atomic mass is 10.1. The molecule has 0 amide bonds. The average Bonchev–Trinajstić information content (AvgIpc) is 3.01. The lowest BCUT2D eigenvalue weighted by Crippen LogP contribution is -2.11. The number of pyridine rings is 1. The molecule has 2 aliphatic heterocycles. The number of ether oxygens (including phenoxy) is 1. The smallest absolute Gasteiger partial charge is 0.341 e. The molecule has 0 spiro atoms. The fourth-order valence-electron chi connectivity index (χ4n) is 2.94.